The molecule has 0 heterocycles. The fourth-order valence-electron chi connectivity index (χ4n) is 0.757. The van der Waals surface area contributed by atoms with Gasteiger partial charge in [0.1, 0.15) is 0 Å². The van der Waals surface area contributed by atoms with E-state index in [1.165, 1.54) is 5.56 Å². The number of benzene rings is 1. The first-order chi connectivity index (χ1) is 4.43. The van der Waals surface area contributed by atoms with Crippen molar-refractivity contribution < 1.29 is 52.8 Å². The molecule has 1 rings (SSSR count). The summed E-state index contributed by atoms with van der Waals surface area (Å²) in [5.41, 5.74) is 1.26. The Kier molecular flexibility index (Phi) is 6.69. The van der Waals surface area contributed by atoms with Crippen molar-refractivity contribution in [3.63, 3.8) is 0 Å². The van der Waals surface area contributed by atoms with Crippen LogP contribution in [0.1, 0.15) is 13.9 Å². The molecule has 0 N–H and O–H groups in total. The molecular weight excluding hydrogens is 147 g/mol. The van der Waals surface area contributed by atoms with E-state index in [-0.39, 0.29) is 52.8 Å². The van der Waals surface area contributed by atoms with E-state index in [0.29, 0.717) is 0 Å². The van der Waals surface area contributed by atoms with Crippen LogP contribution >= 0.6 is 0 Å². The van der Waals surface area contributed by atoms with E-state index in [4.69, 9.17) is 0 Å². The molecular formula is C9H11K. The van der Waals surface area contributed by atoms with Gasteiger partial charge in [0.25, 0.3) is 0 Å². The third-order valence-electron chi connectivity index (χ3n) is 1.16. The molecule has 0 aliphatic rings. The van der Waals surface area contributed by atoms with Gasteiger partial charge < -0.3 is 1.43 Å². The van der Waals surface area contributed by atoms with Gasteiger partial charge in [0.2, 0.25) is 0 Å². The standard InChI is InChI=1S/C9H10.K.H/c1-2-6-9-7-4-3-5-8-9;;/h2-8H,1H3;;/q;+1;-1. The zero-order valence-corrected chi connectivity index (χ0v) is 9.66. The first kappa shape index (κ1) is 10.6. The van der Waals surface area contributed by atoms with Crippen LogP contribution in [0, 0.1) is 0 Å². The molecule has 48 valence electrons. The molecule has 0 amide bonds. The molecule has 0 atom stereocenters. The molecule has 0 aromatic heterocycles. The Hall–Kier alpha value is 0.596. The molecule has 10 heavy (non-hydrogen) atoms. The summed E-state index contributed by atoms with van der Waals surface area (Å²) in [5, 5.41) is 0. The normalized spacial score (nSPS) is 9.30. The van der Waals surface area contributed by atoms with Gasteiger partial charge in [-0.05, 0) is 12.5 Å². The van der Waals surface area contributed by atoms with Gasteiger partial charge in [-0.2, -0.15) is 0 Å². The maximum Gasteiger partial charge on any atom is 1.00 e. The van der Waals surface area contributed by atoms with E-state index < -0.39 is 0 Å². The molecule has 0 aliphatic heterocycles. The summed E-state index contributed by atoms with van der Waals surface area (Å²) in [5.74, 6) is 0. The van der Waals surface area contributed by atoms with E-state index in [1.807, 2.05) is 31.2 Å². The van der Waals surface area contributed by atoms with E-state index in [9.17, 15) is 0 Å². The number of rotatable bonds is 1. The fourth-order valence-corrected chi connectivity index (χ4v) is 0.757. The molecule has 0 spiro atoms. The predicted octanol–water partition coefficient (Wildman–Crippen LogP) is -0.164. The van der Waals surface area contributed by atoms with Crippen molar-refractivity contribution in [2.45, 2.75) is 6.92 Å². The maximum absolute atomic E-state index is 2.08. The van der Waals surface area contributed by atoms with E-state index in [0.717, 1.165) is 0 Å². The third-order valence-corrected chi connectivity index (χ3v) is 1.16. The van der Waals surface area contributed by atoms with Gasteiger partial charge in [-0.15, -0.1) is 0 Å². The van der Waals surface area contributed by atoms with E-state index >= 15 is 0 Å². The average molecular weight is 158 g/mol. The largest absolute Gasteiger partial charge is 1.00 e. The molecule has 0 radical (unpaired) electrons. The number of allylic oxidation sites excluding steroid dienone is 1. The van der Waals surface area contributed by atoms with Gasteiger partial charge in [-0.3, -0.25) is 0 Å². The molecule has 1 aromatic rings. The van der Waals surface area contributed by atoms with Crippen LogP contribution in [0.5, 0.6) is 0 Å². The van der Waals surface area contributed by atoms with Crippen LogP contribution in [0.25, 0.3) is 6.08 Å². The second kappa shape index (κ2) is 6.32. The Morgan fingerprint density at radius 1 is 1.20 bits per heavy atom. The van der Waals surface area contributed by atoms with Crippen LogP contribution in [0.2, 0.25) is 0 Å². The smallest absolute Gasteiger partial charge is 1.00 e. The van der Waals surface area contributed by atoms with Crippen molar-refractivity contribution in [2.24, 2.45) is 0 Å². The Labute approximate surface area is 106 Å². The number of hydrogen-bond acceptors (Lipinski definition) is 0. The summed E-state index contributed by atoms with van der Waals surface area (Å²) in [7, 11) is 0. The Morgan fingerprint density at radius 2 is 1.80 bits per heavy atom. The van der Waals surface area contributed by atoms with Gasteiger partial charge >= 0.3 is 51.4 Å². The molecule has 0 unspecified atom stereocenters. The third kappa shape index (κ3) is 3.69. The van der Waals surface area contributed by atoms with Crippen molar-refractivity contribution in [1.82, 2.24) is 0 Å². The van der Waals surface area contributed by atoms with Crippen LogP contribution in [0.4, 0.5) is 0 Å². The van der Waals surface area contributed by atoms with Gasteiger partial charge in [0, 0.05) is 0 Å². The van der Waals surface area contributed by atoms with Crippen LogP contribution in [-0.4, -0.2) is 0 Å². The van der Waals surface area contributed by atoms with Crippen molar-refractivity contribution >= 4 is 6.08 Å². The molecule has 0 nitrogen and oxygen atoms in total. The van der Waals surface area contributed by atoms with E-state index in [1.54, 1.807) is 0 Å². The summed E-state index contributed by atoms with van der Waals surface area (Å²) >= 11 is 0. The molecule has 0 saturated heterocycles. The molecule has 1 aromatic carbocycles. The summed E-state index contributed by atoms with van der Waals surface area (Å²) in [6, 6.07) is 10.3. The summed E-state index contributed by atoms with van der Waals surface area (Å²) in [6.45, 7) is 2.02. The first-order valence-electron chi connectivity index (χ1n) is 3.11. The Balaban J connectivity index is 0. The van der Waals surface area contributed by atoms with Gasteiger partial charge in [0.15, 0.2) is 0 Å². The van der Waals surface area contributed by atoms with Crippen molar-refractivity contribution in [3.8, 4) is 0 Å². The second-order valence-electron chi connectivity index (χ2n) is 1.91. The predicted molar refractivity (Wildman–Crippen MR) is 42.3 cm³/mol. The molecule has 0 aliphatic carbocycles. The molecule has 1 heteroatoms. The Morgan fingerprint density at radius 3 is 2.30 bits per heavy atom. The van der Waals surface area contributed by atoms with Crippen molar-refractivity contribution in [2.75, 3.05) is 0 Å². The minimum atomic E-state index is 0. The van der Waals surface area contributed by atoms with Gasteiger partial charge in [0.05, 0.1) is 0 Å². The summed E-state index contributed by atoms with van der Waals surface area (Å²) in [6.07, 6.45) is 4.12. The quantitative estimate of drug-likeness (QED) is 0.498. The van der Waals surface area contributed by atoms with E-state index in [2.05, 4.69) is 18.2 Å². The molecule has 0 saturated carbocycles. The fraction of sp³-hybridized carbons (Fsp3) is 0.111. The van der Waals surface area contributed by atoms with Crippen LogP contribution in [0.15, 0.2) is 36.4 Å². The Bertz CT molecular complexity index is 194. The van der Waals surface area contributed by atoms with Crippen LogP contribution < -0.4 is 51.4 Å². The molecule has 0 bridgehead atoms. The second-order valence-corrected chi connectivity index (χ2v) is 1.91. The minimum Gasteiger partial charge on any atom is -1.00 e. The maximum atomic E-state index is 2.08. The first-order valence-corrected chi connectivity index (χ1v) is 3.11. The SMILES string of the molecule is CC=Cc1ccccc1.[H-].[K+]. The minimum absolute atomic E-state index is 0. The van der Waals surface area contributed by atoms with Gasteiger partial charge in [-0.25, -0.2) is 0 Å². The average Bonchev–Trinajstić information content (AvgIpc) is 1.91. The summed E-state index contributed by atoms with van der Waals surface area (Å²) in [4.78, 5) is 0. The van der Waals surface area contributed by atoms with Crippen LogP contribution in [-0.2, 0) is 0 Å². The zero-order chi connectivity index (χ0) is 6.53. The van der Waals surface area contributed by atoms with Crippen LogP contribution in [0.3, 0.4) is 0 Å². The zero-order valence-electron chi connectivity index (χ0n) is 7.54. The van der Waals surface area contributed by atoms with Crippen molar-refractivity contribution in [3.05, 3.63) is 42.0 Å². The monoisotopic (exact) mass is 158 g/mol. The number of hydrogen-bond donors (Lipinski definition) is 0. The molecule has 0 fully saturated rings. The van der Waals surface area contributed by atoms with Crippen molar-refractivity contribution in [1.29, 1.82) is 0 Å². The summed E-state index contributed by atoms with van der Waals surface area (Å²) < 4.78 is 0. The topological polar surface area (TPSA) is 0 Å². The van der Waals surface area contributed by atoms with Gasteiger partial charge in [-0.1, -0.05) is 42.5 Å².